The zero-order valence-electron chi connectivity index (χ0n) is 15.0. The van der Waals surface area contributed by atoms with Crippen molar-refractivity contribution in [2.75, 3.05) is 0 Å². The molecule has 2 aromatic rings. The van der Waals surface area contributed by atoms with E-state index in [1.54, 1.807) is 0 Å². The minimum atomic E-state index is -0.212. The van der Waals surface area contributed by atoms with E-state index in [2.05, 4.69) is 86.9 Å². The predicted molar refractivity (Wildman–Crippen MR) is 92.1 cm³/mol. The van der Waals surface area contributed by atoms with Crippen LogP contribution in [-0.4, -0.2) is 17.6 Å². The Morgan fingerprint density at radius 3 is 0.957 bits per heavy atom. The van der Waals surface area contributed by atoms with E-state index >= 15 is 0 Å². The van der Waals surface area contributed by atoms with Gasteiger partial charge >= 0.3 is 54.8 Å². The van der Waals surface area contributed by atoms with Crippen LogP contribution in [0.15, 0.2) is 60.7 Å². The SMILES string of the molecule is C[Si-](C)c1ccccc1.C[Si-](C)c1ccccc1.[C-]#N.[Cu+].[Li+].[Li+]. The Bertz CT molecular complexity index is 436. The van der Waals surface area contributed by atoms with Gasteiger partial charge in [-0.25, -0.2) is 0 Å². The molecular formula is C17H22CuLi2NSi2. The third-order valence-corrected chi connectivity index (χ3v) is 5.68. The summed E-state index contributed by atoms with van der Waals surface area (Å²) in [6.07, 6.45) is 0. The summed E-state index contributed by atoms with van der Waals surface area (Å²) in [6, 6.07) is 21.4. The van der Waals surface area contributed by atoms with Crippen LogP contribution in [0.5, 0.6) is 0 Å². The second kappa shape index (κ2) is 20.1. The Morgan fingerprint density at radius 2 is 0.826 bits per heavy atom. The fourth-order valence-electron chi connectivity index (χ4n) is 1.54. The Hall–Kier alpha value is 0.0781. The Balaban J connectivity index is -0.000000127. The summed E-state index contributed by atoms with van der Waals surface area (Å²) in [5.74, 6) is 0. The van der Waals surface area contributed by atoms with Crippen LogP contribution in [0, 0.1) is 11.8 Å². The maximum atomic E-state index is 6.25. The van der Waals surface area contributed by atoms with Crippen LogP contribution in [0.3, 0.4) is 0 Å². The minimum absolute atomic E-state index is 0. The molecule has 0 saturated carbocycles. The number of nitrogens with zero attached hydrogens (tertiary/aromatic N) is 1. The molecule has 0 radical (unpaired) electrons. The second-order valence-electron chi connectivity index (χ2n) is 4.73. The molecule has 0 amide bonds. The van der Waals surface area contributed by atoms with Crippen molar-refractivity contribution in [3.8, 4) is 0 Å². The van der Waals surface area contributed by atoms with Gasteiger partial charge in [0.05, 0.1) is 0 Å². The molecule has 0 aliphatic heterocycles. The zero-order valence-corrected chi connectivity index (χ0v) is 18.0. The second-order valence-corrected chi connectivity index (χ2v) is 9.89. The van der Waals surface area contributed by atoms with Crippen molar-refractivity contribution in [2.45, 2.75) is 26.2 Å². The van der Waals surface area contributed by atoms with Crippen molar-refractivity contribution in [3.05, 3.63) is 67.2 Å². The molecule has 2 rings (SSSR count). The summed E-state index contributed by atoms with van der Waals surface area (Å²) in [7, 11) is -0.424. The molecule has 0 spiro atoms. The van der Waals surface area contributed by atoms with Crippen LogP contribution in [0.25, 0.3) is 0 Å². The average molecular weight is 374 g/mol. The van der Waals surface area contributed by atoms with Crippen LogP contribution < -0.4 is 48.1 Å². The van der Waals surface area contributed by atoms with Gasteiger partial charge < -0.3 is 11.8 Å². The molecule has 0 heterocycles. The quantitative estimate of drug-likeness (QED) is 0.418. The molecule has 116 valence electrons. The van der Waals surface area contributed by atoms with Crippen molar-refractivity contribution in [1.29, 1.82) is 5.26 Å². The van der Waals surface area contributed by atoms with Gasteiger partial charge in [0.1, 0.15) is 0 Å². The first-order valence-corrected chi connectivity index (χ1v) is 11.5. The summed E-state index contributed by atoms with van der Waals surface area (Å²) in [5, 5.41) is 9.28. The summed E-state index contributed by atoms with van der Waals surface area (Å²) < 4.78 is 0. The minimum Gasteiger partial charge on any atom is -0.512 e. The van der Waals surface area contributed by atoms with Gasteiger partial charge in [-0.1, -0.05) is 60.7 Å². The molecule has 0 saturated heterocycles. The number of rotatable bonds is 2. The Kier molecular flexibility index (Phi) is 27.0. The van der Waals surface area contributed by atoms with Crippen LogP contribution in [-0.2, 0) is 17.1 Å². The van der Waals surface area contributed by atoms with Gasteiger partial charge in [0.2, 0.25) is 0 Å². The van der Waals surface area contributed by atoms with Crippen molar-refractivity contribution < 1.29 is 54.8 Å². The first kappa shape index (κ1) is 30.9. The molecule has 0 fully saturated rings. The van der Waals surface area contributed by atoms with Gasteiger partial charge in [0.15, 0.2) is 0 Å². The van der Waals surface area contributed by atoms with Crippen LogP contribution in [0.4, 0.5) is 0 Å². The van der Waals surface area contributed by atoms with E-state index in [0.717, 1.165) is 0 Å². The normalized spacial score (nSPS) is 7.22. The third kappa shape index (κ3) is 15.4. The molecule has 0 aromatic heterocycles. The first-order valence-electron chi connectivity index (χ1n) is 6.54. The van der Waals surface area contributed by atoms with Gasteiger partial charge in [-0.2, -0.15) is 36.6 Å². The third-order valence-electron chi connectivity index (χ3n) is 2.70. The summed E-state index contributed by atoms with van der Waals surface area (Å²) >= 11 is 0. The predicted octanol–water partition coefficient (Wildman–Crippen LogP) is -2.60. The zero-order chi connectivity index (χ0) is 15.4. The van der Waals surface area contributed by atoms with E-state index < -0.39 is 0 Å². The monoisotopic (exact) mass is 373 g/mol. The molecule has 0 bridgehead atoms. The topological polar surface area (TPSA) is 23.8 Å². The molecule has 6 heteroatoms. The van der Waals surface area contributed by atoms with Crippen LogP contribution in [0.1, 0.15) is 0 Å². The maximum Gasteiger partial charge on any atom is 1.00 e. The van der Waals surface area contributed by atoms with E-state index in [4.69, 9.17) is 11.8 Å². The fraction of sp³-hybridized carbons (Fsp3) is 0.235. The molecule has 2 aromatic carbocycles. The first-order chi connectivity index (χ1) is 9.61. The smallest absolute Gasteiger partial charge is 0.512 e. The van der Waals surface area contributed by atoms with Crippen molar-refractivity contribution in [2.24, 2.45) is 0 Å². The van der Waals surface area contributed by atoms with E-state index in [9.17, 15) is 0 Å². The molecule has 23 heavy (non-hydrogen) atoms. The fourth-order valence-corrected chi connectivity index (χ4v) is 3.26. The standard InChI is InChI=1S/2C8H11Si.CN.Cu.2Li/c2*1-9(2)8-6-4-3-5-7-8;1-2;;;/h2*3-7H,1-2H3;;;;/q3*-1;3*+1. The van der Waals surface area contributed by atoms with E-state index in [0.29, 0.717) is 0 Å². The van der Waals surface area contributed by atoms with Gasteiger partial charge in [0.25, 0.3) is 0 Å². The summed E-state index contributed by atoms with van der Waals surface area (Å²) in [5.41, 5.74) is 0. The maximum absolute atomic E-state index is 6.25. The summed E-state index contributed by atoms with van der Waals surface area (Å²) in [4.78, 5) is 0. The average Bonchev–Trinajstić information content (AvgIpc) is 2.51. The van der Waals surface area contributed by atoms with Gasteiger partial charge in [-0.3, -0.25) is 17.6 Å². The number of hydrogen-bond donors (Lipinski definition) is 0. The molecule has 0 aliphatic rings. The Morgan fingerprint density at radius 1 is 0.609 bits per heavy atom. The molecule has 1 nitrogen and oxygen atoms in total. The molecule has 0 unspecified atom stereocenters. The summed E-state index contributed by atoms with van der Waals surface area (Å²) in [6.45, 7) is 14.0. The number of hydrogen-bond acceptors (Lipinski definition) is 1. The molecular weight excluding hydrogens is 352 g/mol. The molecule has 0 atom stereocenters. The molecule has 0 N–H and O–H groups in total. The van der Waals surface area contributed by atoms with E-state index in [1.165, 1.54) is 10.4 Å². The van der Waals surface area contributed by atoms with E-state index in [1.807, 2.05) is 0 Å². The van der Waals surface area contributed by atoms with Crippen LogP contribution in [0.2, 0.25) is 26.2 Å². The largest absolute Gasteiger partial charge is 1.00 e. The van der Waals surface area contributed by atoms with Crippen molar-refractivity contribution in [3.63, 3.8) is 0 Å². The van der Waals surface area contributed by atoms with Crippen molar-refractivity contribution in [1.82, 2.24) is 0 Å². The number of benzene rings is 2. The Labute approximate surface area is 180 Å². The van der Waals surface area contributed by atoms with Gasteiger partial charge in [0, 0.05) is 0 Å². The van der Waals surface area contributed by atoms with Gasteiger partial charge in [-0.05, 0) is 0 Å². The van der Waals surface area contributed by atoms with Crippen LogP contribution >= 0.6 is 0 Å². The van der Waals surface area contributed by atoms with E-state index in [-0.39, 0.29) is 72.4 Å². The molecule has 0 aliphatic carbocycles. The van der Waals surface area contributed by atoms with Crippen molar-refractivity contribution >= 4 is 28.0 Å². The van der Waals surface area contributed by atoms with Gasteiger partial charge in [-0.15, -0.1) is 0 Å².